The van der Waals surface area contributed by atoms with Crippen LogP contribution < -0.4 is 0 Å². The van der Waals surface area contributed by atoms with Crippen LogP contribution in [-0.4, -0.2) is 12.6 Å². The van der Waals surface area contributed by atoms with Gasteiger partial charge in [-0.25, -0.2) is 0 Å². The van der Waals surface area contributed by atoms with Crippen LogP contribution in [0.3, 0.4) is 0 Å². The van der Waals surface area contributed by atoms with Crippen LogP contribution in [0.4, 0.5) is 0 Å². The molecule has 0 bridgehead atoms. The fraction of sp³-hybridized carbons (Fsp3) is 0.786. The van der Waals surface area contributed by atoms with Gasteiger partial charge in [-0.1, -0.05) is 13.8 Å². The largest absolute Gasteiger partial charge is 0.465 e. The average Bonchev–Trinajstić information content (AvgIpc) is 2.84. The van der Waals surface area contributed by atoms with E-state index in [9.17, 15) is 4.79 Å². The van der Waals surface area contributed by atoms with Gasteiger partial charge in [0, 0.05) is 12.8 Å². The molecule has 2 heteroatoms. The summed E-state index contributed by atoms with van der Waals surface area (Å²) < 4.78 is 5.32. The third kappa shape index (κ3) is 2.58. The van der Waals surface area contributed by atoms with Crippen molar-refractivity contribution < 1.29 is 9.53 Å². The molecule has 1 saturated carbocycles. The molecule has 88 valence electrons. The molecule has 0 aromatic heterocycles. The average molecular weight is 220 g/mol. The Kier molecular flexibility index (Phi) is 3.53. The van der Waals surface area contributed by atoms with Crippen molar-refractivity contribution in [1.82, 2.24) is 0 Å². The fourth-order valence-electron chi connectivity index (χ4n) is 2.63. The van der Waals surface area contributed by atoms with Crippen LogP contribution in [0.15, 0.2) is 0 Å². The maximum atomic E-state index is 11.4. The molecule has 0 radical (unpaired) electrons. The molecule has 0 N–H and O–H groups in total. The van der Waals surface area contributed by atoms with Gasteiger partial charge in [0.15, 0.2) is 0 Å². The summed E-state index contributed by atoms with van der Waals surface area (Å²) in [5.41, 5.74) is 0. The Bertz CT molecular complexity index is 303. The highest BCUT2D eigenvalue weighted by Crippen LogP contribution is 2.52. The minimum absolute atomic E-state index is 0.00494. The summed E-state index contributed by atoms with van der Waals surface area (Å²) in [4.78, 5) is 11.4. The van der Waals surface area contributed by atoms with Gasteiger partial charge in [-0.15, -0.1) is 11.8 Å². The second kappa shape index (κ2) is 4.91. The molecule has 0 aromatic carbocycles. The molecule has 0 heterocycles. The Morgan fingerprint density at radius 2 is 1.81 bits per heavy atom. The third-order valence-electron chi connectivity index (χ3n) is 3.73. The Balaban J connectivity index is 1.75. The Morgan fingerprint density at radius 1 is 1.25 bits per heavy atom. The monoisotopic (exact) mass is 220 g/mol. The van der Waals surface area contributed by atoms with Crippen molar-refractivity contribution in [3.05, 3.63) is 0 Å². The molecular formula is C14H20O2. The van der Waals surface area contributed by atoms with Crippen molar-refractivity contribution in [3.63, 3.8) is 0 Å². The zero-order chi connectivity index (χ0) is 11.5. The molecule has 1 fully saturated rings. The predicted octanol–water partition coefficient (Wildman–Crippen LogP) is 2.63. The number of fused-ring (bicyclic) bond motifs is 1. The van der Waals surface area contributed by atoms with Gasteiger partial charge in [-0.3, -0.25) is 4.79 Å². The summed E-state index contributed by atoms with van der Waals surface area (Å²) in [7, 11) is 0. The highest BCUT2D eigenvalue weighted by Gasteiger charge is 2.49. The van der Waals surface area contributed by atoms with Gasteiger partial charge in [0.05, 0.1) is 12.5 Å². The van der Waals surface area contributed by atoms with E-state index in [2.05, 4.69) is 11.8 Å². The molecule has 2 nitrogen and oxygen atoms in total. The van der Waals surface area contributed by atoms with Crippen molar-refractivity contribution in [2.24, 2.45) is 23.7 Å². The molecular weight excluding hydrogens is 200 g/mol. The maximum Gasteiger partial charge on any atom is 0.308 e. The second-order valence-electron chi connectivity index (χ2n) is 5.21. The third-order valence-corrected chi connectivity index (χ3v) is 3.73. The molecule has 0 saturated heterocycles. The Morgan fingerprint density at radius 3 is 2.31 bits per heavy atom. The maximum absolute atomic E-state index is 11.4. The summed E-state index contributed by atoms with van der Waals surface area (Å²) in [6, 6.07) is 0. The molecule has 0 aliphatic heterocycles. The molecule has 0 spiro atoms. The summed E-state index contributed by atoms with van der Waals surface area (Å²) in [6.07, 6.45) is 4.44. The first-order chi connectivity index (χ1) is 7.70. The molecule has 2 atom stereocenters. The molecule has 0 amide bonds. The van der Waals surface area contributed by atoms with Crippen LogP contribution in [0.25, 0.3) is 0 Å². The number of esters is 1. The van der Waals surface area contributed by atoms with Crippen molar-refractivity contribution in [3.8, 4) is 11.8 Å². The lowest BCUT2D eigenvalue weighted by Gasteiger charge is -2.06. The zero-order valence-corrected chi connectivity index (χ0v) is 10.2. The first kappa shape index (κ1) is 11.5. The first-order valence-corrected chi connectivity index (χ1v) is 6.32. The number of carbonyl (C=O) groups excluding carboxylic acids is 1. The van der Waals surface area contributed by atoms with Crippen LogP contribution >= 0.6 is 0 Å². The van der Waals surface area contributed by atoms with Gasteiger partial charge in [0.2, 0.25) is 0 Å². The van der Waals surface area contributed by atoms with Gasteiger partial charge in [0.1, 0.15) is 0 Å². The minimum atomic E-state index is -0.0597. The van der Waals surface area contributed by atoms with Crippen LogP contribution in [0.2, 0.25) is 0 Å². The first-order valence-electron chi connectivity index (χ1n) is 6.32. The van der Waals surface area contributed by atoms with Gasteiger partial charge >= 0.3 is 5.97 Å². The van der Waals surface area contributed by atoms with Gasteiger partial charge in [0.25, 0.3) is 0 Å². The smallest absolute Gasteiger partial charge is 0.308 e. The van der Waals surface area contributed by atoms with E-state index in [1.807, 2.05) is 13.8 Å². The summed E-state index contributed by atoms with van der Waals surface area (Å²) >= 11 is 0. The molecule has 2 aliphatic rings. The lowest BCUT2D eigenvalue weighted by Crippen LogP contribution is -2.14. The number of ether oxygens (including phenoxy) is 1. The summed E-state index contributed by atoms with van der Waals surface area (Å²) in [5, 5.41) is 0. The van der Waals surface area contributed by atoms with Crippen molar-refractivity contribution in [2.75, 3.05) is 6.61 Å². The fourth-order valence-corrected chi connectivity index (χ4v) is 2.63. The van der Waals surface area contributed by atoms with E-state index in [4.69, 9.17) is 4.74 Å². The minimum Gasteiger partial charge on any atom is -0.465 e. The number of rotatable bonds is 3. The number of hydrogen-bond acceptors (Lipinski definition) is 2. The lowest BCUT2D eigenvalue weighted by atomic mass is 10.1. The molecule has 16 heavy (non-hydrogen) atoms. The molecule has 2 rings (SSSR count). The highest BCUT2D eigenvalue weighted by molar-refractivity contribution is 5.71. The van der Waals surface area contributed by atoms with Gasteiger partial charge < -0.3 is 4.74 Å². The van der Waals surface area contributed by atoms with Crippen molar-refractivity contribution >= 4 is 5.97 Å². The standard InChI is InChI=1S/C14H20O2/c1-10(2)14(15)16-9-13-11-7-5-3-4-6-8-12(11)13/h10-13H,5-9H2,1-2H3. The highest BCUT2D eigenvalue weighted by atomic mass is 16.5. The van der Waals surface area contributed by atoms with Crippen molar-refractivity contribution in [1.29, 1.82) is 0 Å². The Labute approximate surface area is 97.7 Å². The van der Waals surface area contributed by atoms with Crippen LogP contribution in [0, 0.1) is 35.5 Å². The summed E-state index contributed by atoms with van der Waals surface area (Å²) in [6.45, 7) is 4.39. The van der Waals surface area contributed by atoms with E-state index in [1.165, 1.54) is 12.8 Å². The van der Waals surface area contributed by atoms with Crippen LogP contribution in [0.1, 0.15) is 39.5 Å². The quantitative estimate of drug-likeness (QED) is 0.540. The van der Waals surface area contributed by atoms with E-state index in [0.29, 0.717) is 12.5 Å². The van der Waals surface area contributed by atoms with E-state index in [1.54, 1.807) is 0 Å². The van der Waals surface area contributed by atoms with E-state index >= 15 is 0 Å². The molecule has 2 aliphatic carbocycles. The number of hydrogen-bond donors (Lipinski definition) is 0. The molecule has 0 aromatic rings. The normalized spacial score (nSPS) is 31.8. The zero-order valence-electron chi connectivity index (χ0n) is 10.2. The topological polar surface area (TPSA) is 26.3 Å². The number of carbonyl (C=O) groups is 1. The lowest BCUT2D eigenvalue weighted by molar-refractivity contribution is -0.148. The molecule has 2 unspecified atom stereocenters. The van der Waals surface area contributed by atoms with Gasteiger partial charge in [-0.05, 0) is 30.6 Å². The van der Waals surface area contributed by atoms with E-state index in [0.717, 1.165) is 24.7 Å². The summed E-state index contributed by atoms with van der Waals surface area (Å²) in [5.74, 6) is 8.48. The van der Waals surface area contributed by atoms with Crippen LogP contribution in [-0.2, 0) is 9.53 Å². The van der Waals surface area contributed by atoms with Gasteiger partial charge in [-0.2, -0.15) is 0 Å². The van der Waals surface area contributed by atoms with E-state index < -0.39 is 0 Å². The second-order valence-corrected chi connectivity index (χ2v) is 5.21. The van der Waals surface area contributed by atoms with Crippen LogP contribution in [0.5, 0.6) is 0 Å². The Hall–Kier alpha value is -0.970. The SMILES string of the molecule is CC(C)C(=O)OCC1C2CCC#CCCC21. The van der Waals surface area contributed by atoms with Crippen molar-refractivity contribution in [2.45, 2.75) is 39.5 Å². The van der Waals surface area contributed by atoms with E-state index in [-0.39, 0.29) is 11.9 Å². The predicted molar refractivity (Wildman–Crippen MR) is 62.5 cm³/mol.